The van der Waals surface area contributed by atoms with Gasteiger partial charge in [0.25, 0.3) is 0 Å². The van der Waals surface area contributed by atoms with Crippen molar-refractivity contribution in [3.8, 4) is 11.5 Å². The van der Waals surface area contributed by atoms with Gasteiger partial charge in [-0.15, -0.1) is 0 Å². The second-order valence-electron chi connectivity index (χ2n) is 7.17. The van der Waals surface area contributed by atoms with Crippen molar-refractivity contribution < 1.29 is 23.1 Å². The first-order valence-electron chi connectivity index (χ1n) is 9.57. The van der Waals surface area contributed by atoms with E-state index in [1.54, 1.807) is 6.07 Å². The van der Waals surface area contributed by atoms with Crippen LogP contribution in [0.15, 0.2) is 47.0 Å². The fraction of sp³-hybridized carbons (Fsp3) is 0.381. The van der Waals surface area contributed by atoms with Crippen molar-refractivity contribution in [2.45, 2.75) is 25.2 Å². The number of aromatic nitrogens is 1. The van der Waals surface area contributed by atoms with Gasteiger partial charge in [-0.2, -0.15) is 0 Å². The number of rotatable bonds is 5. The van der Waals surface area contributed by atoms with Gasteiger partial charge in [-0.05, 0) is 50.2 Å². The van der Waals surface area contributed by atoms with Gasteiger partial charge in [0.05, 0.1) is 12.3 Å². The topological polar surface area (TPSA) is 57.0 Å². The zero-order chi connectivity index (χ0) is 18.9. The van der Waals surface area contributed by atoms with Crippen LogP contribution in [0, 0.1) is 5.82 Å². The van der Waals surface area contributed by atoms with Gasteiger partial charge < -0.3 is 23.6 Å². The fourth-order valence-electron chi connectivity index (χ4n) is 3.88. The predicted molar refractivity (Wildman–Crippen MR) is 99.8 cm³/mol. The summed E-state index contributed by atoms with van der Waals surface area (Å²) >= 11 is 0. The lowest BCUT2D eigenvalue weighted by Crippen LogP contribution is -2.36. The van der Waals surface area contributed by atoms with E-state index in [1.807, 2.05) is 24.3 Å². The molecule has 1 saturated heterocycles. The number of piperidine rings is 1. The largest absolute Gasteiger partial charge is 0.428 e. The van der Waals surface area contributed by atoms with Crippen LogP contribution < -0.4 is 9.47 Å². The Morgan fingerprint density at radius 1 is 1.07 bits per heavy atom. The summed E-state index contributed by atoms with van der Waals surface area (Å²) in [6.45, 7) is 2.59. The van der Waals surface area contributed by atoms with E-state index < -0.39 is 6.48 Å². The SMILES string of the molecule is Fc1ccc2c(C3CCN(CCOC4Oc5ccccc5O4)CC3)noc2c1. The number of likely N-dealkylation sites (tertiary alicyclic amines) is 1. The summed E-state index contributed by atoms with van der Waals surface area (Å²) < 4.78 is 35.5. The summed E-state index contributed by atoms with van der Waals surface area (Å²) in [4.78, 5) is 2.36. The Morgan fingerprint density at radius 3 is 2.57 bits per heavy atom. The fourth-order valence-corrected chi connectivity index (χ4v) is 3.88. The standard InChI is InChI=1S/C21H21FN2O4/c22-15-5-6-16-19(13-15)28-23-20(16)14-7-9-24(10-8-14)11-12-25-21-26-17-3-1-2-4-18(17)27-21/h1-6,13-14,21H,7-12H2. The van der Waals surface area contributed by atoms with Gasteiger partial charge in [0, 0.05) is 23.9 Å². The molecule has 0 atom stereocenters. The molecule has 0 radical (unpaired) electrons. The monoisotopic (exact) mass is 384 g/mol. The zero-order valence-electron chi connectivity index (χ0n) is 15.3. The van der Waals surface area contributed by atoms with E-state index in [0.29, 0.717) is 29.6 Å². The van der Waals surface area contributed by atoms with Crippen molar-refractivity contribution in [1.29, 1.82) is 0 Å². The number of halogens is 1. The molecule has 146 valence electrons. The van der Waals surface area contributed by atoms with Crippen LogP contribution in [0.1, 0.15) is 24.5 Å². The van der Waals surface area contributed by atoms with Crippen LogP contribution in [-0.2, 0) is 4.74 Å². The molecule has 7 heteroatoms. The molecule has 2 aromatic carbocycles. The van der Waals surface area contributed by atoms with Crippen LogP contribution in [0.2, 0.25) is 0 Å². The van der Waals surface area contributed by atoms with Crippen molar-refractivity contribution in [2.75, 3.05) is 26.2 Å². The number of benzene rings is 2. The molecule has 2 aliphatic heterocycles. The van der Waals surface area contributed by atoms with Crippen LogP contribution in [0.25, 0.3) is 11.0 Å². The molecule has 2 aliphatic rings. The van der Waals surface area contributed by atoms with E-state index in [4.69, 9.17) is 18.7 Å². The molecule has 6 nitrogen and oxygen atoms in total. The maximum Gasteiger partial charge on any atom is 0.361 e. The first kappa shape index (κ1) is 17.5. The van der Waals surface area contributed by atoms with Gasteiger partial charge in [0.1, 0.15) is 5.82 Å². The Kier molecular flexibility index (Phi) is 4.62. The van der Waals surface area contributed by atoms with Crippen LogP contribution in [0.4, 0.5) is 4.39 Å². The summed E-state index contributed by atoms with van der Waals surface area (Å²) in [5.41, 5.74) is 1.46. The molecule has 28 heavy (non-hydrogen) atoms. The van der Waals surface area contributed by atoms with Gasteiger partial charge in [0.2, 0.25) is 0 Å². The molecule has 0 amide bonds. The first-order chi connectivity index (χ1) is 13.8. The lowest BCUT2D eigenvalue weighted by atomic mass is 9.91. The molecular formula is C21H21FN2O4. The number of para-hydroxylation sites is 2. The number of hydrogen-bond donors (Lipinski definition) is 0. The van der Waals surface area contributed by atoms with E-state index in [0.717, 1.165) is 43.6 Å². The van der Waals surface area contributed by atoms with Gasteiger partial charge in [0.15, 0.2) is 17.1 Å². The molecule has 0 unspecified atom stereocenters. The molecule has 0 bridgehead atoms. The number of fused-ring (bicyclic) bond motifs is 2. The smallest absolute Gasteiger partial charge is 0.361 e. The maximum atomic E-state index is 13.3. The molecule has 0 saturated carbocycles. The highest BCUT2D eigenvalue weighted by atomic mass is 19.1. The quantitative estimate of drug-likeness (QED) is 0.665. The van der Waals surface area contributed by atoms with E-state index in [-0.39, 0.29) is 5.82 Å². The van der Waals surface area contributed by atoms with Gasteiger partial charge in [-0.3, -0.25) is 0 Å². The Labute approximate surface area is 161 Å². The van der Waals surface area contributed by atoms with E-state index in [2.05, 4.69) is 10.1 Å². The van der Waals surface area contributed by atoms with Gasteiger partial charge >= 0.3 is 6.48 Å². The normalized spacial score (nSPS) is 18.2. The Balaban J connectivity index is 1.10. The average molecular weight is 384 g/mol. The van der Waals surface area contributed by atoms with E-state index in [1.165, 1.54) is 12.1 Å². The molecule has 0 N–H and O–H groups in total. The summed E-state index contributed by atoms with van der Waals surface area (Å²) in [6, 6.07) is 12.2. The Hall–Kier alpha value is -2.64. The molecule has 0 spiro atoms. The third-order valence-electron chi connectivity index (χ3n) is 5.39. The summed E-state index contributed by atoms with van der Waals surface area (Å²) in [7, 11) is 0. The van der Waals surface area contributed by atoms with Crippen molar-refractivity contribution in [3.05, 3.63) is 54.0 Å². The van der Waals surface area contributed by atoms with Crippen LogP contribution in [-0.4, -0.2) is 42.8 Å². The van der Waals surface area contributed by atoms with Crippen molar-refractivity contribution in [2.24, 2.45) is 0 Å². The van der Waals surface area contributed by atoms with E-state index in [9.17, 15) is 4.39 Å². The molecular weight excluding hydrogens is 363 g/mol. The second kappa shape index (κ2) is 7.41. The van der Waals surface area contributed by atoms with Crippen molar-refractivity contribution in [1.82, 2.24) is 10.1 Å². The van der Waals surface area contributed by atoms with Crippen molar-refractivity contribution >= 4 is 11.0 Å². The van der Waals surface area contributed by atoms with Gasteiger partial charge in [-0.25, -0.2) is 4.39 Å². The minimum atomic E-state index is -0.670. The Morgan fingerprint density at radius 2 is 1.82 bits per heavy atom. The third-order valence-corrected chi connectivity index (χ3v) is 5.39. The molecule has 1 aromatic heterocycles. The lowest BCUT2D eigenvalue weighted by Gasteiger charge is -2.31. The zero-order valence-corrected chi connectivity index (χ0v) is 15.3. The van der Waals surface area contributed by atoms with Crippen molar-refractivity contribution in [3.63, 3.8) is 0 Å². The number of nitrogens with zero attached hydrogens (tertiary/aromatic N) is 2. The maximum absolute atomic E-state index is 13.3. The summed E-state index contributed by atoms with van der Waals surface area (Å²) in [5, 5.41) is 5.12. The second-order valence-corrected chi connectivity index (χ2v) is 7.17. The molecule has 1 fully saturated rings. The molecule has 3 heterocycles. The summed E-state index contributed by atoms with van der Waals surface area (Å²) in [6.07, 6.45) is 1.97. The number of hydrogen-bond acceptors (Lipinski definition) is 6. The average Bonchev–Trinajstić information content (AvgIpc) is 3.31. The highest BCUT2D eigenvalue weighted by Crippen LogP contribution is 2.34. The minimum Gasteiger partial charge on any atom is -0.428 e. The molecule has 0 aliphatic carbocycles. The summed E-state index contributed by atoms with van der Waals surface area (Å²) in [5.74, 6) is 1.46. The predicted octanol–water partition coefficient (Wildman–Crippen LogP) is 3.92. The lowest BCUT2D eigenvalue weighted by molar-refractivity contribution is -0.178. The highest BCUT2D eigenvalue weighted by Gasteiger charge is 2.27. The van der Waals surface area contributed by atoms with E-state index >= 15 is 0 Å². The first-order valence-corrected chi connectivity index (χ1v) is 9.57. The molecule has 3 aromatic rings. The van der Waals surface area contributed by atoms with Gasteiger partial charge in [-0.1, -0.05) is 17.3 Å². The highest BCUT2D eigenvalue weighted by molar-refractivity contribution is 5.79. The third kappa shape index (κ3) is 3.43. The number of ether oxygens (including phenoxy) is 3. The van der Waals surface area contributed by atoms with Crippen LogP contribution >= 0.6 is 0 Å². The minimum absolute atomic E-state index is 0.302. The molecule has 5 rings (SSSR count). The van der Waals surface area contributed by atoms with Crippen LogP contribution in [0.5, 0.6) is 11.5 Å². The Bertz CT molecular complexity index is 943. The van der Waals surface area contributed by atoms with Crippen LogP contribution in [0.3, 0.4) is 0 Å².